The Labute approximate surface area is 148 Å². The van der Waals surface area contributed by atoms with Crippen molar-refractivity contribution in [3.05, 3.63) is 46.5 Å². The number of aryl methyl sites for hydroxylation is 1. The molecule has 0 atom stereocenters. The van der Waals surface area contributed by atoms with Crippen molar-refractivity contribution in [1.29, 1.82) is 0 Å². The highest BCUT2D eigenvalue weighted by Gasteiger charge is 2.17. The fraction of sp³-hybridized carbons (Fsp3) is 0.312. The van der Waals surface area contributed by atoms with E-state index in [1.807, 2.05) is 0 Å². The van der Waals surface area contributed by atoms with E-state index in [0.29, 0.717) is 41.3 Å². The molecule has 3 aromatic rings. The molecule has 10 nitrogen and oxygen atoms in total. The van der Waals surface area contributed by atoms with E-state index in [9.17, 15) is 20.3 Å². The average molecular weight is 358 g/mol. The van der Waals surface area contributed by atoms with Crippen molar-refractivity contribution in [1.82, 2.24) is 19.5 Å². The number of aliphatic hydroxyl groups is 2. The van der Waals surface area contributed by atoms with Gasteiger partial charge in [0.2, 0.25) is 0 Å². The first-order valence-corrected chi connectivity index (χ1v) is 7.97. The molecule has 0 aliphatic heterocycles. The van der Waals surface area contributed by atoms with Crippen LogP contribution in [0.3, 0.4) is 0 Å². The molecule has 0 bridgehead atoms. The van der Waals surface area contributed by atoms with E-state index in [1.165, 1.54) is 12.4 Å². The van der Waals surface area contributed by atoms with Crippen LogP contribution in [0.2, 0.25) is 0 Å². The van der Waals surface area contributed by atoms with Crippen LogP contribution < -0.4 is 4.90 Å². The summed E-state index contributed by atoms with van der Waals surface area (Å²) < 4.78 is 1.72. The van der Waals surface area contributed by atoms with E-state index in [-0.39, 0.29) is 18.9 Å². The molecular weight excluding hydrogens is 340 g/mol. The molecule has 1 aromatic carbocycles. The lowest BCUT2D eigenvalue weighted by Gasteiger charge is -2.21. The summed E-state index contributed by atoms with van der Waals surface area (Å²) >= 11 is 0. The number of anilines is 1. The highest BCUT2D eigenvalue weighted by Crippen LogP contribution is 2.26. The second-order valence-corrected chi connectivity index (χ2v) is 5.65. The van der Waals surface area contributed by atoms with Crippen molar-refractivity contribution < 1.29 is 15.1 Å². The zero-order chi connectivity index (χ0) is 18.7. The van der Waals surface area contributed by atoms with Gasteiger partial charge in [-0.3, -0.25) is 14.7 Å². The Hall–Kier alpha value is -3.11. The summed E-state index contributed by atoms with van der Waals surface area (Å²) in [7, 11) is 0. The molecule has 136 valence electrons. The topological polar surface area (TPSA) is 130 Å². The molecule has 10 heteroatoms. The number of nitro benzene ring substituents is 1. The van der Waals surface area contributed by atoms with Gasteiger partial charge in [0.25, 0.3) is 5.69 Å². The molecule has 2 heterocycles. The lowest BCUT2D eigenvalue weighted by molar-refractivity contribution is -0.385. The Morgan fingerprint density at radius 2 is 1.92 bits per heavy atom. The first-order valence-electron chi connectivity index (χ1n) is 7.97. The predicted molar refractivity (Wildman–Crippen MR) is 94.4 cm³/mol. The molecular formula is C16H18N6O4. The largest absolute Gasteiger partial charge is 0.395 e. The van der Waals surface area contributed by atoms with Crippen LogP contribution in [0.15, 0.2) is 30.9 Å². The highest BCUT2D eigenvalue weighted by molar-refractivity contribution is 5.84. The summed E-state index contributed by atoms with van der Waals surface area (Å²) in [6.45, 7) is 2.10. The molecule has 3 rings (SSSR count). The van der Waals surface area contributed by atoms with Crippen LogP contribution in [0.1, 0.15) is 5.56 Å². The minimum absolute atomic E-state index is 0.0468. The van der Waals surface area contributed by atoms with Gasteiger partial charge in [0, 0.05) is 30.4 Å². The van der Waals surface area contributed by atoms with Crippen molar-refractivity contribution in [3.8, 4) is 5.69 Å². The summed E-state index contributed by atoms with van der Waals surface area (Å²) in [5.74, 6) is 0.510. The minimum atomic E-state index is -0.424. The van der Waals surface area contributed by atoms with Gasteiger partial charge < -0.3 is 15.1 Å². The van der Waals surface area contributed by atoms with E-state index in [2.05, 4.69) is 15.0 Å². The van der Waals surface area contributed by atoms with Gasteiger partial charge in [-0.25, -0.2) is 15.0 Å². The number of aliphatic hydroxyl groups excluding tert-OH is 2. The number of imidazole rings is 1. The average Bonchev–Trinajstić information content (AvgIpc) is 3.05. The second-order valence-electron chi connectivity index (χ2n) is 5.65. The van der Waals surface area contributed by atoms with E-state index >= 15 is 0 Å². The Morgan fingerprint density at radius 1 is 1.19 bits per heavy atom. The maximum atomic E-state index is 11.0. The van der Waals surface area contributed by atoms with Crippen LogP contribution in [0.4, 0.5) is 11.5 Å². The van der Waals surface area contributed by atoms with Crippen molar-refractivity contribution in [3.63, 3.8) is 0 Å². The quantitative estimate of drug-likeness (QED) is 0.469. The summed E-state index contributed by atoms with van der Waals surface area (Å²) in [6.07, 6.45) is 2.95. The maximum Gasteiger partial charge on any atom is 0.272 e. The number of hydrogen-bond acceptors (Lipinski definition) is 8. The first kappa shape index (κ1) is 17.7. The van der Waals surface area contributed by atoms with Crippen LogP contribution in [-0.2, 0) is 0 Å². The van der Waals surface area contributed by atoms with Crippen LogP contribution in [0.25, 0.3) is 16.9 Å². The van der Waals surface area contributed by atoms with Gasteiger partial charge in [-0.1, -0.05) is 0 Å². The Bertz CT molecular complexity index is 936. The number of nitro groups is 1. The Morgan fingerprint density at radius 3 is 2.54 bits per heavy atom. The molecule has 0 saturated heterocycles. The number of nitrogens with zero attached hydrogens (tertiary/aromatic N) is 6. The molecule has 0 spiro atoms. The molecule has 0 amide bonds. The maximum absolute atomic E-state index is 11.0. The number of benzene rings is 1. The van der Waals surface area contributed by atoms with Gasteiger partial charge in [0.05, 0.1) is 18.1 Å². The van der Waals surface area contributed by atoms with Gasteiger partial charge in [0.1, 0.15) is 12.7 Å². The summed E-state index contributed by atoms with van der Waals surface area (Å²) in [5.41, 5.74) is 2.32. The molecule has 0 radical (unpaired) electrons. The van der Waals surface area contributed by atoms with Crippen molar-refractivity contribution in [2.24, 2.45) is 0 Å². The SMILES string of the molecule is Cc1cc(-n2cnc3c(N(CCO)CCO)ncnc32)ccc1[N+](=O)[O-]. The van der Waals surface area contributed by atoms with Crippen LogP contribution in [-0.4, -0.2) is 61.0 Å². The standard InChI is InChI=1S/C16H18N6O4/c1-11-8-12(2-3-13(11)22(25)26)21-10-19-14-15(17-9-18-16(14)21)20(4-6-23)5-7-24/h2-3,8-10,23-24H,4-7H2,1H3. The number of fused-ring (bicyclic) bond motifs is 1. The van der Waals surface area contributed by atoms with Crippen LogP contribution in [0.5, 0.6) is 0 Å². The summed E-state index contributed by atoms with van der Waals surface area (Å²) in [4.78, 5) is 25.2. The fourth-order valence-electron chi connectivity index (χ4n) is 2.80. The van der Waals surface area contributed by atoms with E-state index in [4.69, 9.17) is 0 Å². The smallest absolute Gasteiger partial charge is 0.272 e. The third-order valence-corrected chi connectivity index (χ3v) is 4.01. The lowest BCUT2D eigenvalue weighted by Crippen LogP contribution is -2.30. The third-order valence-electron chi connectivity index (χ3n) is 4.01. The predicted octanol–water partition coefficient (Wildman–Crippen LogP) is 0.823. The van der Waals surface area contributed by atoms with Crippen LogP contribution >= 0.6 is 0 Å². The molecule has 26 heavy (non-hydrogen) atoms. The third kappa shape index (κ3) is 3.19. The first-order chi connectivity index (χ1) is 12.6. The molecule has 0 aliphatic carbocycles. The van der Waals surface area contributed by atoms with Gasteiger partial charge in [0.15, 0.2) is 17.0 Å². The zero-order valence-corrected chi connectivity index (χ0v) is 14.1. The monoisotopic (exact) mass is 358 g/mol. The number of rotatable bonds is 7. The van der Waals surface area contributed by atoms with Crippen LogP contribution in [0, 0.1) is 17.0 Å². The van der Waals surface area contributed by atoms with Gasteiger partial charge in [-0.15, -0.1) is 0 Å². The summed E-state index contributed by atoms with van der Waals surface area (Å²) in [6, 6.07) is 4.77. The van der Waals surface area contributed by atoms with Gasteiger partial charge in [-0.2, -0.15) is 0 Å². The Kier molecular flexibility index (Phi) is 5.05. The summed E-state index contributed by atoms with van der Waals surface area (Å²) in [5, 5.41) is 29.5. The molecule has 2 N–H and O–H groups in total. The number of aromatic nitrogens is 4. The van der Waals surface area contributed by atoms with E-state index in [0.717, 1.165) is 0 Å². The van der Waals surface area contributed by atoms with Gasteiger partial charge in [-0.05, 0) is 19.1 Å². The van der Waals surface area contributed by atoms with Crippen molar-refractivity contribution in [2.45, 2.75) is 6.92 Å². The molecule has 0 saturated carbocycles. The minimum Gasteiger partial charge on any atom is -0.395 e. The van der Waals surface area contributed by atoms with Crippen molar-refractivity contribution >= 4 is 22.7 Å². The second kappa shape index (κ2) is 7.42. The fourth-order valence-corrected chi connectivity index (χ4v) is 2.80. The molecule has 0 unspecified atom stereocenters. The van der Waals surface area contributed by atoms with Crippen molar-refractivity contribution in [2.75, 3.05) is 31.2 Å². The normalized spacial score (nSPS) is 11.0. The van der Waals surface area contributed by atoms with Gasteiger partial charge >= 0.3 is 0 Å². The highest BCUT2D eigenvalue weighted by atomic mass is 16.6. The van der Waals surface area contributed by atoms with E-state index < -0.39 is 4.92 Å². The zero-order valence-electron chi connectivity index (χ0n) is 14.1. The molecule has 0 aliphatic rings. The molecule has 0 fully saturated rings. The Balaban J connectivity index is 2.08. The number of hydrogen-bond donors (Lipinski definition) is 2. The lowest BCUT2D eigenvalue weighted by atomic mass is 10.2. The molecule has 2 aromatic heterocycles. The van der Waals surface area contributed by atoms with E-state index in [1.54, 1.807) is 34.9 Å².